The topological polar surface area (TPSA) is 26.3 Å². The first kappa shape index (κ1) is 14.0. The molecular formula is C13H16ClFO2. The minimum atomic E-state index is -0.401. The van der Waals surface area contributed by atoms with Crippen LogP contribution in [-0.4, -0.2) is 18.5 Å². The number of carbonyl (C=O) groups is 1. The summed E-state index contributed by atoms with van der Waals surface area (Å²) in [4.78, 5) is 11.5. The maximum Gasteiger partial charge on any atom is 0.338 e. The first-order valence-electron chi connectivity index (χ1n) is 5.72. The minimum absolute atomic E-state index is 0.359. The number of unbranched alkanes of at least 4 members (excludes halogenated alkanes) is 3. The second-order valence-electron chi connectivity index (χ2n) is 3.75. The van der Waals surface area contributed by atoms with Crippen molar-refractivity contribution in [3.8, 4) is 0 Å². The van der Waals surface area contributed by atoms with Crippen LogP contribution >= 0.6 is 11.6 Å². The van der Waals surface area contributed by atoms with Gasteiger partial charge in [0.15, 0.2) is 0 Å². The van der Waals surface area contributed by atoms with Crippen LogP contribution in [0.4, 0.5) is 4.39 Å². The van der Waals surface area contributed by atoms with Crippen molar-refractivity contribution in [1.82, 2.24) is 0 Å². The molecule has 0 aliphatic heterocycles. The molecule has 0 spiro atoms. The highest BCUT2D eigenvalue weighted by Crippen LogP contribution is 2.06. The molecule has 1 aromatic rings. The maximum absolute atomic E-state index is 12.6. The summed E-state index contributed by atoms with van der Waals surface area (Å²) >= 11 is 5.54. The quantitative estimate of drug-likeness (QED) is 0.423. The highest BCUT2D eigenvalue weighted by Gasteiger charge is 2.06. The number of esters is 1. The van der Waals surface area contributed by atoms with Gasteiger partial charge in [-0.15, -0.1) is 11.6 Å². The van der Waals surface area contributed by atoms with E-state index < -0.39 is 5.97 Å². The van der Waals surface area contributed by atoms with Crippen molar-refractivity contribution in [3.05, 3.63) is 35.6 Å². The predicted octanol–water partition coefficient (Wildman–Crippen LogP) is 3.78. The molecule has 4 heteroatoms. The highest BCUT2D eigenvalue weighted by atomic mass is 35.5. The van der Waals surface area contributed by atoms with Crippen LogP contribution in [0.15, 0.2) is 24.3 Å². The molecule has 1 aromatic carbocycles. The van der Waals surface area contributed by atoms with Crippen LogP contribution in [0.3, 0.4) is 0 Å². The summed E-state index contributed by atoms with van der Waals surface area (Å²) in [7, 11) is 0. The molecule has 0 aromatic heterocycles. The number of alkyl halides is 1. The van der Waals surface area contributed by atoms with E-state index in [1.165, 1.54) is 24.3 Å². The molecule has 1 rings (SSSR count). The van der Waals surface area contributed by atoms with E-state index in [4.69, 9.17) is 16.3 Å². The van der Waals surface area contributed by atoms with Crippen molar-refractivity contribution in [2.75, 3.05) is 12.5 Å². The second kappa shape index (κ2) is 8.07. The molecular weight excluding hydrogens is 243 g/mol. The van der Waals surface area contributed by atoms with Crippen molar-refractivity contribution in [1.29, 1.82) is 0 Å². The van der Waals surface area contributed by atoms with Gasteiger partial charge < -0.3 is 4.74 Å². The smallest absolute Gasteiger partial charge is 0.338 e. The van der Waals surface area contributed by atoms with E-state index in [1.54, 1.807) is 0 Å². The fourth-order valence-corrected chi connectivity index (χ4v) is 1.57. The Morgan fingerprint density at radius 2 is 1.76 bits per heavy atom. The van der Waals surface area contributed by atoms with Crippen molar-refractivity contribution in [3.63, 3.8) is 0 Å². The molecule has 0 aliphatic rings. The average Bonchev–Trinajstić information content (AvgIpc) is 2.34. The van der Waals surface area contributed by atoms with E-state index in [2.05, 4.69) is 0 Å². The van der Waals surface area contributed by atoms with Crippen molar-refractivity contribution in [2.24, 2.45) is 0 Å². The monoisotopic (exact) mass is 258 g/mol. The first-order chi connectivity index (χ1) is 8.24. The van der Waals surface area contributed by atoms with Crippen LogP contribution < -0.4 is 0 Å². The Kier molecular flexibility index (Phi) is 6.63. The number of rotatable bonds is 7. The van der Waals surface area contributed by atoms with Gasteiger partial charge in [0.05, 0.1) is 12.2 Å². The molecule has 0 saturated heterocycles. The molecule has 0 N–H and O–H groups in total. The third-order valence-corrected chi connectivity index (χ3v) is 2.61. The lowest BCUT2D eigenvalue weighted by atomic mass is 10.2. The van der Waals surface area contributed by atoms with Gasteiger partial charge in [-0.25, -0.2) is 9.18 Å². The van der Waals surface area contributed by atoms with Gasteiger partial charge in [0.2, 0.25) is 0 Å². The van der Waals surface area contributed by atoms with Gasteiger partial charge in [-0.05, 0) is 37.1 Å². The normalized spacial score (nSPS) is 10.2. The summed E-state index contributed by atoms with van der Waals surface area (Å²) in [6, 6.07) is 5.34. The number of hydrogen-bond acceptors (Lipinski definition) is 2. The van der Waals surface area contributed by atoms with Crippen LogP contribution in [0.5, 0.6) is 0 Å². The molecule has 0 radical (unpaired) electrons. The number of ether oxygens (including phenoxy) is 1. The van der Waals surface area contributed by atoms with E-state index in [1.807, 2.05) is 0 Å². The zero-order chi connectivity index (χ0) is 12.5. The lowest BCUT2D eigenvalue weighted by Crippen LogP contribution is -2.06. The summed E-state index contributed by atoms with van der Waals surface area (Å²) < 4.78 is 17.7. The average molecular weight is 259 g/mol. The Balaban J connectivity index is 2.19. The summed E-state index contributed by atoms with van der Waals surface area (Å²) in [6.45, 7) is 0.401. The molecule has 2 nitrogen and oxygen atoms in total. The standard InChI is InChI=1S/C13H16ClFO2/c14-9-3-1-2-4-10-17-13(16)11-5-7-12(15)8-6-11/h5-8H,1-4,9-10H2. The van der Waals surface area contributed by atoms with Crippen LogP contribution in [0, 0.1) is 5.82 Å². The highest BCUT2D eigenvalue weighted by molar-refractivity contribution is 6.17. The lowest BCUT2D eigenvalue weighted by molar-refractivity contribution is 0.0498. The lowest BCUT2D eigenvalue weighted by Gasteiger charge is -2.04. The van der Waals surface area contributed by atoms with E-state index in [0.29, 0.717) is 18.1 Å². The van der Waals surface area contributed by atoms with Crippen molar-refractivity contribution >= 4 is 17.6 Å². The van der Waals surface area contributed by atoms with Crippen molar-refractivity contribution < 1.29 is 13.9 Å². The van der Waals surface area contributed by atoms with Gasteiger partial charge in [-0.2, -0.15) is 0 Å². The number of hydrogen-bond donors (Lipinski definition) is 0. The second-order valence-corrected chi connectivity index (χ2v) is 4.12. The summed E-state index contributed by atoms with van der Waals surface area (Å²) in [6.07, 6.45) is 3.89. The molecule has 0 saturated carbocycles. The number of carbonyl (C=O) groups excluding carboxylic acids is 1. The predicted molar refractivity (Wildman–Crippen MR) is 65.9 cm³/mol. The minimum Gasteiger partial charge on any atom is -0.462 e. The Morgan fingerprint density at radius 1 is 1.12 bits per heavy atom. The third kappa shape index (κ3) is 5.68. The zero-order valence-corrected chi connectivity index (χ0v) is 10.4. The van der Waals surface area contributed by atoms with Crippen LogP contribution in [0.1, 0.15) is 36.0 Å². The molecule has 0 unspecified atom stereocenters. The van der Waals surface area contributed by atoms with Crippen LogP contribution in [0.2, 0.25) is 0 Å². The Labute approximate surface area is 106 Å². The fourth-order valence-electron chi connectivity index (χ4n) is 1.38. The molecule has 0 heterocycles. The largest absolute Gasteiger partial charge is 0.462 e. The molecule has 0 aliphatic carbocycles. The fraction of sp³-hybridized carbons (Fsp3) is 0.462. The van der Waals surface area contributed by atoms with Gasteiger partial charge in [-0.3, -0.25) is 0 Å². The van der Waals surface area contributed by atoms with E-state index in [9.17, 15) is 9.18 Å². The summed E-state index contributed by atoms with van der Waals surface area (Å²) in [5.74, 6) is -0.0833. The Morgan fingerprint density at radius 3 is 2.41 bits per heavy atom. The van der Waals surface area contributed by atoms with Gasteiger partial charge >= 0.3 is 5.97 Å². The molecule has 94 valence electrons. The van der Waals surface area contributed by atoms with E-state index >= 15 is 0 Å². The molecule has 0 fully saturated rings. The van der Waals surface area contributed by atoms with Gasteiger partial charge in [0.1, 0.15) is 5.82 Å². The molecule has 17 heavy (non-hydrogen) atoms. The van der Waals surface area contributed by atoms with E-state index in [-0.39, 0.29) is 5.82 Å². The molecule has 0 bridgehead atoms. The summed E-state index contributed by atoms with van der Waals surface area (Å²) in [5, 5.41) is 0. The SMILES string of the molecule is O=C(OCCCCCCCl)c1ccc(F)cc1. The molecule has 0 amide bonds. The summed E-state index contributed by atoms with van der Waals surface area (Å²) in [5.41, 5.74) is 0.382. The van der Waals surface area contributed by atoms with Crippen LogP contribution in [-0.2, 0) is 4.74 Å². The van der Waals surface area contributed by atoms with E-state index in [0.717, 1.165) is 25.7 Å². The zero-order valence-electron chi connectivity index (χ0n) is 9.62. The molecule has 0 atom stereocenters. The number of halogens is 2. The van der Waals surface area contributed by atoms with Crippen LogP contribution in [0.25, 0.3) is 0 Å². The van der Waals surface area contributed by atoms with Gasteiger partial charge in [0, 0.05) is 5.88 Å². The Bertz CT molecular complexity index is 338. The first-order valence-corrected chi connectivity index (χ1v) is 6.26. The van der Waals surface area contributed by atoms with Crippen molar-refractivity contribution in [2.45, 2.75) is 25.7 Å². The van der Waals surface area contributed by atoms with Gasteiger partial charge in [0.25, 0.3) is 0 Å². The number of benzene rings is 1. The Hall–Kier alpha value is -1.09. The maximum atomic E-state index is 12.6. The third-order valence-electron chi connectivity index (χ3n) is 2.34. The van der Waals surface area contributed by atoms with Gasteiger partial charge in [-0.1, -0.05) is 12.8 Å².